The average Bonchev–Trinajstić information content (AvgIpc) is 3.18. The number of aliphatic hydroxyl groups excluding tert-OH is 1. The summed E-state index contributed by atoms with van der Waals surface area (Å²) in [6.07, 6.45) is 11.7. The number of carbonyl (C=O) groups excluding carboxylic acids is 1. The van der Waals surface area contributed by atoms with Gasteiger partial charge in [-0.05, 0) is 117 Å². The van der Waals surface area contributed by atoms with Crippen LogP contribution in [-0.2, 0) is 9.59 Å². The van der Waals surface area contributed by atoms with Crippen LogP contribution in [0.25, 0.3) is 0 Å². The predicted octanol–water partition coefficient (Wildman–Crippen LogP) is 5.50. The monoisotopic (exact) mass is 473 g/mol. The summed E-state index contributed by atoms with van der Waals surface area (Å²) in [6, 6.07) is 0. The van der Waals surface area contributed by atoms with Crippen LogP contribution in [0, 0.1) is 45.3 Å². The van der Waals surface area contributed by atoms with Crippen LogP contribution in [-0.4, -0.2) is 45.7 Å². The van der Waals surface area contributed by atoms with Crippen LogP contribution in [0.4, 0.5) is 0 Å². The second kappa shape index (κ2) is 7.70. The average molecular weight is 474 g/mol. The number of hydrogen-bond donors (Lipinski definition) is 2. The third-order valence-corrected chi connectivity index (χ3v) is 13.1. The predicted molar refractivity (Wildman–Crippen MR) is 132 cm³/mol. The van der Waals surface area contributed by atoms with E-state index < -0.39 is 12.4 Å². The maximum absolute atomic E-state index is 12.9. The van der Waals surface area contributed by atoms with Crippen molar-refractivity contribution < 1.29 is 19.8 Å². The molecule has 0 aromatic carbocycles. The molecule has 5 rings (SSSR count). The van der Waals surface area contributed by atoms with Gasteiger partial charge in [0.2, 0.25) is 5.91 Å². The molecule has 1 saturated heterocycles. The van der Waals surface area contributed by atoms with Crippen molar-refractivity contribution in [3.05, 3.63) is 0 Å². The second-order valence-electron chi connectivity index (χ2n) is 14.2. The molecule has 1 amide bonds. The molecule has 0 aromatic heterocycles. The summed E-state index contributed by atoms with van der Waals surface area (Å²) < 4.78 is 0. The van der Waals surface area contributed by atoms with E-state index in [0.717, 1.165) is 18.8 Å². The molecule has 5 aliphatic rings. The molecule has 5 fully saturated rings. The summed E-state index contributed by atoms with van der Waals surface area (Å²) in [5.41, 5.74) is 0.646. The Balaban J connectivity index is 1.46. The van der Waals surface area contributed by atoms with E-state index in [9.17, 15) is 19.8 Å². The number of fused-ring (bicyclic) bond motifs is 7. The molecule has 34 heavy (non-hydrogen) atoms. The van der Waals surface area contributed by atoms with E-state index in [-0.39, 0.29) is 27.7 Å². The molecule has 192 valence electrons. The Hall–Kier alpha value is -1.10. The van der Waals surface area contributed by atoms with Crippen molar-refractivity contribution >= 4 is 11.9 Å². The van der Waals surface area contributed by atoms with E-state index in [1.165, 1.54) is 51.4 Å². The SMILES string of the molecule is CC12CCN(C(=O)CC(=O)O)C(C)(C)C1CCC1(C)C2CCC2C3CCCC3(CO)CC[C@]21C. The number of piperidine rings is 1. The lowest BCUT2D eigenvalue weighted by Crippen LogP contribution is -2.70. The summed E-state index contributed by atoms with van der Waals surface area (Å²) in [4.78, 5) is 26.0. The molecule has 7 unspecified atom stereocenters. The van der Waals surface area contributed by atoms with Gasteiger partial charge in [0.1, 0.15) is 6.42 Å². The highest BCUT2D eigenvalue weighted by atomic mass is 16.4. The molecular weight excluding hydrogens is 426 g/mol. The first-order chi connectivity index (χ1) is 15.9. The van der Waals surface area contributed by atoms with E-state index in [0.29, 0.717) is 36.3 Å². The zero-order valence-electron chi connectivity index (χ0n) is 22.2. The number of amides is 1. The molecule has 5 nitrogen and oxygen atoms in total. The molecule has 0 spiro atoms. The Morgan fingerprint density at radius 2 is 1.56 bits per heavy atom. The fraction of sp³-hybridized carbons (Fsp3) is 0.931. The van der Waals surface area contributed by atoms with Crippen LogP contribution in [0.15, 0.2) is 0 Å². The van der Waals surface area contributed by atoms with Crippen LogP contribution in [0.5, 0.6) is 0 Å². The Morgan fingerprint density at radius 3 is 2.24 bits per heavy atom. The van der Waals surface area contributed by atoms with Crippen molar-refractivity contribution in [3.63, 3.8) is 0 Å². The normalized spacial score (nSPS) is 49.4. The third kappa shape index (κ3) is 3.00. The van der Waals surface area contributed by atoms with Crippen molar-refractivity contribution in [2.45, 2.75) is 111 Å². The van der Waals surface area contributed by atoms with Gasteiger partial charge in [0, 0.05) is 18.7 Å². The Labute approximate surface area is 206 Å². The van der Waals surface area contributed by atoms with E-state index in [2.05, 4.69) is 34.6 Å². The number of carbonyl (C=O) groups is 2. The quantitative estimate of drug-likeness (QED) is 0.531. The van der Waals surface area contributed by atoms with E-state index in [1.54, 1.807) is 0 Å². The smallest absolute Gasteiger partial charge is 0.312 e. The van der Waals surface area contributed by atoms with Crippen molar-refractivity contribution in [2.75, 3.05) is 13.2 Å². The summed E-state index contributed by atoms with van der Waals surface area (Å²) in [5, 5.41) is 19.7. The van der Waals surface area contributed by atoms with Gasteiger partial charge in [0.15, 0.2) is 0 Å². The first-order valence-electron chi connectivity index (χ1n) is 14.0. The molecule has 0 bridgehead atoms. The zero-order valence-corrected chi connectivity index (χ0v) is 22.2. The number of carboxylic acids is 1. The highest BCUT2D eigenvalue weighted by Crippen LogP contribution is 2.76. The fourth-order valence-electron chi connectivity index (χ4n) is 11.4. The minimum Gasteiger partial charge on any atom is -0.481 e. The van der Waals surface area contributed by atoms with Crippen LogP contribution in [0.1, 0.15) is 105 Å². The van der Waals surface area contributed by atoms with Crippen LogP contribution < -0.4 is 0 Å². The zero-order chi connectivity index (χ0) is 24.7. The van der Waals surface area contributed by atoms with E-state index >= 15 is 0 Å². The van der Waals surface area contributed by atoms with Crippen LogP contribution >= 0.6 is 0 Å². The minimum atomic E-state index is -1.03. The number of carboxylic acid groups (broad SMARTS) is 1. The number of hydrogen-bond acceptors (Lipinski definition) is 3. The molecule has 4 saturated carbocycles. The lowest BCUT2D eigenvalue weighted by atomic mass is 9.33. The van der Waals surface area contributed by atoms with Crippen LogP contribution in [0.3, 0.4) is 0 Å². The third-order valence-electron chi connectivity index (χ3n) is 13.1. The Bertz CT molecular complexity index is 870. The largest absolute Gasteiger partial charge is 0.481 e. The van der Waals surface area contributed by atoms with E-state index in [4.69, 9.17) is 0 Å². The maximum Gasteiger partial charge on any atom is 0.312 e. The van der Waals surface area contributed by atoms with Gasteiger partial charge in [0.05, 0.1) is 0 Å². The number of nitrogens with zero attached hydrogens (tertiary/aromatic N) is 1. The second-order valence-corrected chi connectivity index (χ2v) is 14.2. The minimum absolute atomic E-state index is 0.172. The molecular formula is C29H47NO4. The molecule has 8 atom stereocenters. The van der Waals surface area contributed by atoms with Gasteiger partial charge in [-0.25, -0.2) is 0 Å². The summed E-state index contributed by atoms with van der Waals surface area (Å²) in [5.74, 6) is 1.20. The van der Waals surface area contributed by atoms with Crippen molar-refractivity contribution in [2.24, 2.45) is 45.3 Å². The summed E-state index contributed by atoms with van der Waals surface area (Å²) in [7, 11) is 0. The Kier molecular flexibility index (Phi) is 5.57. The lowest BCUT2D eigenvalue weighted by Gasteiger charge is -2.73. The molecule has 0 aromatic rings. The summed E-state index contributed by atoms with van der Waals surface area (Å²) >= 11 is 0. The first-order valence-corrected chi connectivity index (χ1v) is 14.0. The highest BCUT2D eigenvalue weighted by Gasteiger charge is 2.69. The Morgan fingerprint density at radius 1 is 0.824 bits per heavy atom. The molecule has 5 heteroatoms. The summed E-state index contributed by atoms with van der Waals surface area (Å²) in [6.45, 7) is 13.2. The topological polar surface area (TPSA) is 77.8 Å². The number of aliphatic hydroxyl groups is 1. The molecule has 1 heterocycles. The highest BCUT2D eigenvalue weighted by molar-refractivity contribution is 5.93. The first kappa shape index (κ1) is 24.6. The van der Waals surface area contributed by atoms with E-state index in [1.807, 2.05) is 4.90 Å². The lowest BCUT2D eigenvalue weighted by molar-refractivity contribution is -0.241. The van der Waals surface area contributed by atoms with Gasteiger partial charge in [-0.15, -0.1) is 0 Å². The molecule has 0 radical (unpaired) electrons. The number of rotatable bonds is 3. The van der Waals surface area contributed by atoms with Gasteiger partial charge < -0.3 is 15.1 Å². The van der Waals surface area contributed by atoms with Gasteiger partial charge in [-0.1, -0.05) is 27.2 Å². The molecule has 2 N–H and O–H groups in total. The standard InChI is InChI=1S/C29H47NO4/c1-25(2)21-10-12-28(5)22(26(21,3)15-16-30(25)23(32)17-24(33)34)9-8-19-20-7-6-11-29(20,18-31)14-13-27(19,28)4/h19-22,31H,6-18H2,1-5H3,(H,33,34)/t19?,20?,21?,22?,26?,27-,28?,29?/m1/s1. The molecule has 1 aliphatic heterocycles. The van der Waals surface area contributed by atoms with Crippen molar-refractivity contribution in [1.82, 2.24) is 4.90 Å². The maximum atomic E-state index is 12.9. The number of aliphatic carboxylic acids is 1. The van der Waals surface area contributed by atoms with Crippen molar-refractivity contribution in [3.8, 4) is 0 Å². The van der Waals surface area contributed by atoms with Crippen molar-refractivity contribution in [1.29, 1.82) is 0 Å². The van der Waals surface area contributed by atoms with Gasteiger partial charge in [-0.2, -0.15) is 0 Å². The van der Waals surface area contributed by atoms with Gasteiger partial charge in [-0.3, -0.25) is 9.59 Å². The van der Waals surface area contributed by atoms with Gasteiger partial charge >= 0.3 is 5.97 Å². The fourth-order valence-corrected chi connectivity index (χ4v) is 11.4. The molecule has 4 aliphatic carbocycles. The van der Waals surface area contributed by atoms with Crippen LogP contribution in [0.2, 0.25) is 0 Å². The number of likely N-dealkylation sites (tertiary alicyclic amines) is 1. The van der Waals surface area contributed by atoms with Gasteiger partial charge in [0.25, 0.3) is 0 Å².